The van der Waals surface area contributed by atoms with Crippen molar-refractivity contribution in [3.8, 4) is 5.88 Å². The number of benzene rings is 1. The van der Waals surface area contributed by atoms with E-state index in [1.807, 2.05) is 25.1 Å². The average Bonchev–Trinajstić information content (AvgIpc) is 2.42. The van der Waals surface area contributed by atoms with Gasteiger partial charge in [-0.15, -0.1) is 0 Å². The second-order valence-corrected chi connectivity index (χ2v) is 5.17. The summed E-state index contributed by atoms with van der Waals surface area (Å²) in [5.74, 6) is 0.519. The molecule has 0 saturated carbocycles. The van der Waals surface area contributed by atoms with Crippen LogP contribution in [0.3, 0.4) is 0 Å². The van der Waals surface area contributed by atoms with E-state index in [0.717, 1.165) is 14.7 Å². The molecule has 0 aliphatic carbocycles. The highest BCUT2D eigenvalue weighted by Gasteiger charge is 2.13. The lowest BCUT2D eigenvalue weighted by Gasteiger charge is -2.06. The molecule has 98 valence electrons. The Bertz CT molecular complexity index is 614. The summed E-state index contributed by atoms with van der Waals surface area (Å²) in [6, 6.07) is 7.41. The van der Waals surface area contributed by atoms with Crippen molar-refractivity contribution in [2.75, 3.05) is 7.11 Å². The highest BCUT2D eigenvalue weighted by molar-refractivity contribution is 14.1. The third kappa shape index (κ3) is 3.28. The first kappa shape index (κ1) is 13.9. The van der Waals surface area contributed by atoms with Crippen LogP contribution in [-0.4, -0.2) is 22.9 Å². The molecule has 1 heterocycles. The Morgan fingerprint density at radius 2 is 2.16 bits per heavy atom. The zero-order chi connectivity index (χ0) is 13.8. The highest BCUT2D eigenvalue weighted by atomic mass is 127. The summed E-state index contributed by atoms with van der Waals surface area (Å²) in [6.45, 7) is 1.99. The standard InChI is InChI=1S/C14H13IN2O2/c1-9-4-3-5-11(14(9)15)12(18)6-10-7-13(19-2)17-8-16-10/h3-5,7-8H,6H2,1-2H3. The lowest BCUT2D eigenvalue weighted by atomic mass is 10.0. The van der Waals surface area contributed by atoms with Gasteiger partial charge in [0, 0.05) is 15.2 Å². The number of aromatic nitrogens is 2. The Labute approximate surface area is 125 Å². The van der Waals surface area contributed by atoms with E-state index in [4.69, 9.17) is 4.74 Å². The fourth-order valence-electron chi connectivity index (χ4n) is 1.71. The van der Waals surface area contributed by atoms with Gasteiger partial charge in [0.1, 0.15) is 6.33 Å². The largest absolute Gasteiger partial charge is 0.481 e. The van der Waals surface area contributed by atoms with Crippen molar-refractivity contribution < 1.29 is 9.53 Å². The molecule has 0 unspecified atom stereocenters. The third-order valence-corrected chi connectivity index (χ3v) is 4.17. The molecule has 0 aliphatic heterocycles. The first-order chi connectivity index (χ1) is 9.11. The number of ether oxygens (including phenoxy) is 1. The van der Waals surface area contributed by atoms with Crippen LogP contribution in [0.15, 0.2) is 30.6 Å². The lowest BCUT2D eigenvalue weighted by Crippen LogP contribution is -2.08. The summed E-state index contributed by atoms with van der Waals surface area (Å²) in [4.78, 5) is 20.3. The summed E-state index contributed by atoms with van der Waals surface area (Å²) < 4.78 is 6.01. The highest BCUT2D eigenvalue weighted by Crippen LogP contribution is 2.18. The van der Waals surface area contributed by atoms with Crippen molar-refractivity contribution in [3.05, 3.63) is 51.0 Å². The predicted molar refractivity (Wildman–Crippen MR) is 80.5 cm³/mol. The van der Waals surface area contributed by atoms with Crippen LogP contribution >= 0.6 is 22.6 Å². The quantitative estimate of drug-likeness (QED) is 0.615. The fraction of sp³-hybridized carbons (Fsp3) is 0.214. The number of halogens is 1. The smallest absolute Gasteiger partial charge is 0.216 e. The molecule has 0 atom stereocenters. The summed E-state index contributed by atoms with van der Waals surface area (Å²) >= 11 is 2.20. The molecule has 0 fully saturated rings. The monoisotopic (exact) mass is 368 g/mol. The lowest BCUT2D eigenvalue weighted by molar-refractivity contribution is 0.0991. The maximum absolute atomic E-state index is 12.3. The number of rotatable bonds is 4. The topological polar surface area (TPSA) is 52.1 Å². The number of ketones is 1. The molecule has 0 spiro atoms. The van der Waals surface area contributed by atoms with Gasteiger partial charge in [-0.1, -0.05) is 18.2 Å². The molecular weight excluding hydrogens is 355 g/mol. The van der Waals surface area contributed by atoms with Crippen LogP contribution in [0.5, 0.6) is 5.88 Å². The number of carbonyl (C=O) groups is 1. The van der Waals surface area contributed by atoms with Gasteiger partial charge in [0.15, 0.2) is 5.78 Å². The summed E-state index contributed by atoms with van der Waals surface area (Å²) in [5.41, 5.74) is 2.50. The van der Waals surface area contributed by atoms with Gasteiger partial charge >= 0.3 is 0 Å². The van der Waals surface area contributed by atoms with E-state index < -0.39 is 0 Å². The van der Waals surface area contributed by atoms with E-state index in [-0.39, 0.29) is 12.2 Å². The number of methoxy groups -OCH3 is 1. The fourth-order valence-corrected chi connectivity index (χ4v) is 2.37. The number of Topliss-reactive ketones (excluding diaryl/α,β-unsaturated/α-hetero) is 1. The Balaban J connectivity index is 2.23. The Morgan fingerprint density at radius 1 is 1.37 bits per heavy atom. The van der Waals surface area contributed by atoms with Crippen molar-refractivity contribution in [1.82, 2.24) is 9.97 Å². The molecule has 0 N–H and O–H groups in total. The van der Waals surface area contributed by atoms with E-state index >= 15 is 0 Å². The molecular formula is C14H13IN2O2. The first-order valence-electron chi connectivity index (χ1n) is 5.75. The minimum absolute atomic E-state index is 0.0499. The molecule has 4 nitrogen and oxygen atoms in total. The van der Waals surface area contributed by atoms with Crippen LogP contribution in [0.2, 0.25) is 0 Å². The van der Waals surface area contributed by atoms with Gasteiger partial charge in [-0.05, 0) is 35.1 Å². The minimum atomic E-state index is 0.0499. The van der Waals surface area contributed by atoms with Crippen molar-refractivity contribution in [2.24, 2.45) is 0 Å². The number of nitrogens with zero attached hydrogens (tertiary/aromatic N) is 2. The summed E-state index contributed by atoms with van der Waals surface area (Å²) in [7, 11) is 1.54. The molecule has 1 aromatic heterocycles. The van der Waals surface area contributed by atoms with Crippen molar-refractivity contribution in [1.29, 1.82) is 0 Å². The number of aryl methyl sites for hydroxylation is 1. The van der Waals surface area contributed by atoms with Crippen LogP contribution in [0.25, 0.3) is 0 Å². The van der Waals surface area contributed by atoms with Crippen LogP contribution in [0.4, 0.5) is 0 Å². The molecule has 2 rings (SSSR count). The zero-order valence-electron chi connectivity index (χ0n) is 10.7. The van der Waals surface area contributed by atoms with Gasteiger partial charge < -0.3 is 4.74 Å². The number of carbonyl (C=O) groups excluding carboxylic acids is 1. The second-order valence-electron chi connectivity index (χ2n) is 4.09. The zero-order valence-corrected chi connectivity index (χ0v) is 12.8. The third-order valence-electron chi connectivity index (χ3n) is 2.74. The second kappa shape index (κ2) is 6.10. The maximum atomic E-state index is 12.3. The van der Waals surface area contributed by atoms with Crippen LogP contribution in [-0.2, 0) is 6.42 Å². The molecule has 0 bridgehead atoms. The van der Waals surface area contributed by atoms with Gasteiger partial charge in [-0.25, -0.2) is 9.97 Å². The van der Waals surface area contributed by atoms with E-state index in [9.17, 15) is 4.79 Å². The van der Waals surface area contributed by atoms with Gasteiger partial charge in [0.05, 0.1) is 19.2 Å². The SMILES string of the molecule is COc1cc(CC(=O)c2cccc(C)c2I)ncn1. The molecule has 19 heavy (non-hydrogen) atoms. The van der Waals surface area contributed by atoms with Gasteiger partial charge in [0.25, 0.3) is 0 Å². The summed E-state index contributed by atoms with van der Waals surface area (Å²) in [5, 5.41) is 0. The van der Waals surface area contributed by atoms with E-state index in [1.165, 1.54) is 13.4 Å². The molecule has 0 saturated heterocycles. The van der Waals surface area contributed by atoms with Gasteiger partial charge in [0.2, 0.25) is 5.88 Å². The molecule has 5 heteroatoms. The van der Waals surface area contributed by atoms with Crippen LogP contribution < -0.4 is 4.74 Å². The Morgan fingerprint density at radius 3 is 2.89 bits per heavy atom. The van der Waals surface area contributed by atoms with E-state index in [1.54, 1.807) is 6.07 Å². The normalized spacial score (nSPS) is 10.3. The summed E-state index contributed by atoms with van der Waals surface area (Å²) in [6.07, 6.45) is 1.65. The number of hydrogen-bond donors (Lipinski definition) is 0. The van der Waals surface area contributed by atoms with E-state index in [2.05, 4.69) is 32.6 Å². The molecule has 1 aromatic carbocycles. The molecule has 2 aromatic rings. The van der Waals surface area contributed by atoms with Gasteiger partial charge in [-0.3, -0.25) is 4.79 Å². The maximum Gasteiger partial charge on any atom is 0.216 e. The van der Waals surface area contributed by atoms with Crippen LogP contribution in [0, 0.1) is 10.5 Å². The predicted octanol–water partition coefficient (Wildman–Crippen LogP) is 2.82. The van der Waals surface area contributed by atoms with Crippen molar-refractivity contribution in [2.45, 2.75) is 13.3 Å². The minimum Gasteiger partial charge on any atom is -0.481 e. The van der Waals surface area contributed by atoms with Crippen molar-refractivity contribution in [3.63, 3.8) is 0 Å². The van der Waals surface area contributed by atoms with Crippen LogP contribution in [0.1, 0.15) is 21.6 Å². The average molecular weight is 368 g/mol. The Kier molecular flexibility index (Phi) is 4.47. The molecule has 0 radical (unpaired) electrons. The van der Waals surface area contributed by atoms with E-state index in [0.29, 0.717) is 11.6 Å². The van der Waals surface area contributed by atoms with Crippen molar-refractivity contribution >= 4 is 28.4 Å². The Hall–Kier alpha value is -1.50. The molecule has 0 aliphatic rings. The van der Waals surface area contributed by atoms with Gasteiger partial charge in [-0.2, -0.15) is 0 Å². The first-order valence-corrected chi connectivity index (χ1v) is 6.83. The molecule has 0 amide bonds. The number of hydrogen-bond acceptors (Lipinski definition) is 4.